The molecule has 7 heteroatoms. The highest BCUT2D eigenvalue weighted by molar-refractivity contribution is 5.94. The van der Waals surface area contributed by atoms with Crippen LogP contribution in [0.25, 0.3) is 0 Å². The van der Waals surface area contributed by atoms with Crippen LogP contribution in [0, 0.1) is 5.82 Å². The lowest BCUT2D eigenvalue weighted by Crippen LogP contribution is -2.47. The molecule has 2 amide bonds. The van der Waals surface area contributed by atoms with Crippen molar-refractivity contribution in [3.8, 4) is 0 Å². The Morgan fingerprint density at radius 2 is 1.78 bits per heavy atom. The number of benzene rings is 1. The van der Waals surface area contributed by atoms with E-state index in [0.29, 0.717) is 38.2 Å². The van der Waals surface area contributed by atoms with E-state index in [9.17, 15) is 14.0 Å². The molecule has 1 heterocycles. The summed E-state index contributed by atoms with van der Waals surface area (Å²) in [5.74, 6) is -0.690. The van der Waals surface area contributed by atoms with Gasteiger partial charge in [0, 0.05) is 38.9 Å². The Morgan fingerprint density at radius 3 is 2.43 bits per heavy atom. The third-order valence-electron chi connectivity index (χ3n) is 3.85. The second-order valence-corrected chi connectivity index (χ2v) is 5.54. The highest BCUT2D eigenvalue weighted by Crippen LogP contribution is 2.11. The summed E-state index contributed by atoms with van der Waals surface area (Å²) in [6, 6.07) is 4.80. The van der Waals surface area contributed by atoms with Crippen LogP contribution < -0.4 is 5.73 Å². The molecule has 0 radical (unpaired) electrons. The summed E-state index contributed by atoms with van der Waals surface area (Å²) in [7, 11) is 1.50. The predicted octanol–water partition coefficient (Wildman–Crippen LogP) is 0.474. The number of hydrogen-bond acceptors (Lipinski definition) is 4. The molecule has 0 bridgehead atoms. The van der Waals surface area contributed by atoms with Gasteiger partial charge in [-0.3, -0.25) is 9.59 Å². The van der Waals surface area contributed by atoms with Crippen molar-refractivity contribution in [2.45, 2.75) is 12.5 Å². The van der Waals surface area contributed by atoms with Crippen molar-refractivity contribution in [2.24, 2.45) is 5.73 Å². The molecule has 1 saturated heterocycles. The van der Waals surface area contributed by atoms with Crippen molar-refractivity contribution < 1.29 is 18.7 Å². The minimum absolute atomic E-state index is 0.152. The van der Waals surface area contributed by atoms with Crippen LogP contribution >= 0.6 is 0 Å². The van der Waals surface area contributed by atoms with Crippen molar-refractivity contribution in [1.29, 1.82) is 0 Å². The molecule has 1 atom stereocenters. The fourth-order valence-corrected chi connectivity index (χ4v) is 2.60. The summed E-state index contributed by atoms with van der Waals surface area (Å²) in [5.41, 5.74) is 6.22. The zero-order valence-electron chi connectivity index (χ0n) is 13.2. The highest BCUT2D eigenvalue weighted by atomic mass is 19.1. The number of halogens is 1. The molecule has 2 rings (SSSR count). The maximum Gasteiger partial charge on any atom is 0.253 e. The van der Waals surface area contributed by atoms with Crippen LogP contribution in [0.3, 0.4) is 0 Å². The molecule has 0 saturated carbocycles. The maximum atomic E-state index is 12.9. The molecule has 126 valence electrons. The van der Waals surface area contributed by atoms with E-state index in [4.69, 9.17) is 10.5 Å². The number of amides is 2. The second-order valence-electron chi connectivity index (χ2n) is 5.54. The van der Waals surface area contributed by atoms with Gasteiger partial charge in [-0.25, -0.2) is 4.39 Å². The molecule has 0 aliphatic carbocycles. The second kappa shape index (κ2) is 8.03. The van der Waals surface area contributed by atoms with Gasteiger partial charge in [-0.1, -0.05) is 0 Å². The van der Waals surface area contributed by atoms with E-state index in [1.54, 1.807) is 9.80 Å². The average Bonchev–Trinajstić information content (AvgIpc) is 2.80. The summed E-state index contributed by atoms with van der Waals surface area (Å²) < 4.78 is 17.9. The van der Waals surface area contributed by atoms with Crippen molar-refractivity contribution in [3.63, 3.8) is 0 Å². The molecule has 1 aromatic rings. The number of nitrogens with two attached hydrogens (primary N) is 1. The zero-order valence-corrected chi connectivity index (χ0v) is 13.2. The lowest BCUT2D eigenvalue weighted by atomic mass is 10.2. The van der Waals surface area contributed by atoms with Gasteiger partial charge in [-0.05, 0) is 30.7 Å². The predicted molar refractivity (Wildman–Crippen MR) is 83.4 cm³/mol. The van der Waals surface area contributed by atoms with E-state index < -0.39 is 6.04 Å². The Hall–Kier alpha value is -1.99. The Labute approximate surface area is 135 Å². The van der Waals surface area contributed by atoms with Crippen LogP contribution in [0.15, 0.2) is 24.3 Å². The number of rotatable bonds is 4. The topological polar surface area (TPSA) is 75.9 Å². The van der Waals surface area contributed by atoms with Crippen molar-refractivity contribution in [3.05, 3.63) is 35.6 Å². The van der Waals surface area contributed by atoms with Crippen LogP contribution in [0.4, 0.5) is 4.39 Å². The summed E-state index contributed by atoms with van der Waals surface area (Å²) in [6.45, 7) is 2.15. The summed E-state index contributed by atoms with van der Waals surface area (Å²) in [6.07, 6.45) is 0.679. The number of methoxy groups -OCH3 is 1. The van der Waals surface area contributed by atoms with E-state index in [1.165, 1.54) is 31.4 Å². The Morgan fingerprint density at radius 1 is 1.17 bits per heavy atom. The summed E-state index contributed by atoms with van der Waals surface area (Å²) in [5, 5.41) is 0. The molecular formula is C16H22FN3O3. The SMILES string of the molecule is COCC(N)C(=O)N1CCCN(C(=O)c2ccc(F)cc2)CC1. The standard InChI is InChI=1S/C16H22FN3O3/c1-23-11-14(18)16(22)20-8-2-7-19(9-10-20)15(21)12-3-5-13(17)6-4-12/h3-6,14H,2,7-11,18H2,1H3. The van der Waals surface area contributed by atoms with Crippen molar-refractivity contribution in [1.82, 2.24) is 9.80 Å². The minimum Gasteiger partial charge on any atom is -0.383 e. The normalized spacial score (nSPS) is 16.8. The van der Waals surface area contributed by atoms with Crippen molar-refractivity contribution >= 4 is 11.8 Å². The zero-order chi connectivity index (χ0) is 16.8. The maximum absolute atomic E-state index is 12.9. The molecule has 1 aliphatic heterocycles. The third kappa shape index (κ3) is 4.49. The fraction of sp³-hybridized carbons (Fsp3) is 0.500. The fourth-order valence-electron chi connectivity index (χ4n) is 2.60. The Kier molecular flexibility index (Phi) is 6.06. The van der Waals surface area contributed by atoms with Gasteiger partial charge in [0.1, 0.15) is 11.9 Å². The Balaban J connectivity index is 1.96. The lowest BCUT2D eigenvalue weighted by molar-refractivity contribution is -0.133. The molecule has 0 spiro atoms. The largest absolute Gasteiger partial charge is 0.383 e. The number of ether oxygens (including phenoxy) is 1. The smallest absolute Gasteiger partial charge is 0.253 e. The first-order valence-electron chi connectivity index (χ1n) is 7.61. The first kappa shape index (κ1) is 17.4. The molecule has 1 fully saturated rings. The van der Waals surface area contributed by atoms with Crippen molar-refractivity contribution in [2.75, 3.05) is 39.9 Å². The summed E-state index contributed by atoms with van der Waals surface area (Å²) in [4.78, 5) is 28.0. The molecule has 2 N–H and O–H groups in total. The number of carbonyl (C=O) groups excluding carboxylic acids is 2. The monoisotopic (exact) mass is 323 g/mol. The molecule has 0 aromatic heterocycles. The van der Waals surface area contributed by atoms with Gasteiger partial charge in [0.15, 0.2) is 0 Å². The molecule has 1 unspecified atom stereocenters. The van der Waals surface area contributed by atoms with Gasteiger partial charge in [-0.2, -0.15) is 0 Å². The van der Waals surface area contributed by atoms with Crippen LogP contribution in [0.5, 0.6) is 0 Å². The molecule has 1 aliphatic rings. The van der Waals surface area contributed by atoms with Gasteiger partial charge in [0.2, 0.25) is 5.91 Å². The number of hydrogen-bond donors (Lipinski definition) is 1. The van der Waals surface area contributed by atoms with Gasteiger partial charge in [-0.15, -0.1) is 0 Å². The first-order valence-corrected chi connectivity index (χ1v) is 7.61. The quantitative estimate of drug-likeness (QED) is 0.874. The van der Waals surface area contributed by atoms with E-state index >= 15 is 0 Å². The van der Waals surface area contributed by atoms with E-state index in [0.717, 1.165) is 0 Å². The minimum atomic E-state index is -0.681. The summed E-state index contributed by atoms with van der Waals surface area (Å²) >= 11 is 0. The van der Waals surface area contributed by atoms with Crippen LogP contribution in [0.2, 0.25) is 0 Å². The molecular weight excluding hydrogens is 301 g/mol. The van der Waals surface area contributed by atoms with Crippen LogP contribution in [-0.4, -0.2) is 67.6 Å². The van der Waals surface area contributed by atoms with E-state index in [1.807, 2.05) is 0 Å². The first-order chi connectivity index (χ1) is 11.0. The third-order valence-corrected chi connectivity index (χ3v) is 3.85. The molecule has 23 heavy (non-hydrogen) atoms. The molecule has 1 aromatic carbocycles. The number of nitrogens with zero attached hydrogens (tertiary/aromatic N) is 2. The van der Waals surface area contributed by atoms with Crippen LogP contribution in [0.1, 0.15) is 16.8 Å². The molecule has 6 nitrogen and oxygen atoms in total. The number of carbonyl (C=O) groups is 2. The van der Waals surface area contributed by atoms with Gasteiger partial charge >= 0.3 is 0 Å². The van der Waals surface area contributed by atoms with Gasteiger partial charge in [0.05, 0.1) is 6.61 Å². The Bertz CT molecular complexity index is 550. The van der Waals surface area contributed by atoms with Gasteiger partial charge < -0.3 is 20.3 Å². The van der Waals surface area contributed by atoms with Crippen LogP contribution in [-0.2, 0) is 9.53 Å². The lowest BCUT2D eigenvalue weighted by Gasteiger charge is -2.24. The van der Waals surface area contributed by atoms with Gasteiger partial charge in [0.25, 0.3) is 5.91 Å². The van der Waals surface area contributed by atoms with E-state index in [2.05, 4.69) is 0 Å². The highest BCUT2D eigenvalue weighted by Gasteiger charge is 2.25. The van der Waals surface area contributed by atoms with E-state index in [-0.39, 0.29) is 24.2 Å². The average molecular weight is 323 g/mol.